The lowest BCUT2D eigenvalue weighted by Gasteiger charge is -2.11. The van der Waals surface area contributed by atoms with Gasteiger partial charge in [0.25, 0.3) is 11.8 Å². The van der Waals surface area contributed by atoms with Crippen molar-refractivity contribution in [2.45, 2.75) is 6.92 Å². The predicted molar refractivity (Wildman–Crippen MR) is 103 cm³/mol. The largest absolute Gasteiger partial charge is 0.459 e. The van der Waals surface area contributed by atoms with Gasteiger partial charge in [-0.15, -0.1) is 0 Å². The Balaban J connectivity index is 1.54. The van der Waals surface area contributed by atoms with Gasteiger partial charge in [0.05, 0.1) is 18.0 Å². The van der Waals surface area contributed by atoms with Crippen LogP contribution in [0.3, 0.4) is 0 Å². The first-order valence-electron chi connectivity index (χ1n) is 8.09. The molecule has 4 rings (SSSR count). The molecular weight excluding hydrogens is 364 g/mol. The van der Waals surface area contributed by atoms with Gasteiger partial charge >= 0.3 is 0 Å². The van der Waals surface area contributed by atoms with Gasteiger partial charge in [-0.1, -0.05) is 6.07 Å². The van der Waals surface area contributed by atoms with Crippen molar-refractivity contribution in [3.8, 4) is 0 Å². The summed E-state index contributed by atoms with van der Waals surface area (Å²) in [5.41, 5.74) is 3.96. The first-order valence-corrected chi connectivity index (χ1v) is 8.82. The Morgan fingerprint density at radius 3 is 2.63 bits per heavy atom. The highest BCUT2D eigenvalue weighted by Gasteiger charge is 2.13. The van der Waals surface area contributed by atoms with E-state index in [4.69, 9.17) is 4.42 Å². The second-order valence-electron chi connectivity index (χ2n) is 5.88. The summed E-state index contributed by atoms with van der Waals surface area (Å²) in [7, 11) is 0. The van der Waals surface area contributed by atoms with E-state index in [0.29, 0.717) is 22.5 Å². The second-order valence-corrected chi connectivity index (χ2v) is 6.41. The van der Waals surface area contributed by atoms with E-state index in [-0.39, 0.29) is 17.6 Å². The molecule has 0 aliphatic rings. The van der Waals surface area contributed by atoms with Gasteiger partial charge in [-0.2, -0.15) is 8.75 Å². The monoisotopic (exact) mass is 378 g/mol. The molecule has 2 amide bonds. The van der Waals surface area contributed by atoms with Crippen LogP contribution in [0.4, 0.5) is 11.4 Å². The summed E-state index contributed by atoms with van der Waals surface area (Å²) >= 11 is 1.11. The number of fused-ring (bicyclic) bond motifs is 1. The normalized spacial score (nSPS) is 10.7. The van der Waals surface area contributed by atoms with Gasteiger partial charge in [0.15, 0.2) is 5.76 Å². The van der Waals surface area contributed by atoms with E-state index < -0.39 is 0 Å². The first kappa shape index (κ1) is 16.9. The Hall–Kier alpha value is -3.52. The maximum absolute atomic E-state index is 12.6. The number of carbonyl (C=O) groups excluding carboxylic acids is 2. The maximum Gasteiger partial charge on any atom is 0.291 e. The number of carbonyl (C=O) groups is 2. The number of benzene rings is 2. The summed E-state index contributed by atoms with van der Waals surface area (Å²) in [5, 5.41) is 5.62. The summed E-state index contributed by atoms with van der Waals surface area (Å²) in [4.78, 5) is 24.7. The lowest BCUT2D eigenvalue weighted by atomic mass is 10.1. The van der Waals surface area contributed by atoms with Crippen molar-refractivity contribution in [3.05, 3.63) is 71.7 Å². The molecule has 0 saturated carbocycles. The van der Waals surface area contributed by atoms with Gasteiger partial charge in [-0.05, 0) is 55.0 Å². The Morgan fingerprint density at radius 2 is 1.81 bits per heavy atom. The fraction of sp³-hybridized carbons (Fsp3) is 0.0526. The number of amides is 2. The van der Waals surface area contributed by atoms with E-state index in [1.165, 1.54) is 6.26 Å². The van der Waals surface area contributed by atoms with Gasteiger partial charge in [-0.3, -0.25) is 9.59 Å². The van der Waals surface area contributed by atoms with E-state index in [0.717, 1.165) is 22.8 Å². The van der Waals surface area contributed by atoms with Crippen LogP contribution in [0, 0.1) is 6.92 Å². The summed E-state index contributed by atoms with van der Waals surface area (Å²) in [6.45, 7) is 1.88. The maximum atomic E-state index is 12.6. The number of rotatable bonds is 4. The average molecular weight is 378 g/mol. The quantitative estimate of drug-likeness (QED) is 0.557. The highest BCUT2D eigenvalue weighted by atomic mass is 32.1. The first-order chi connectivity index (χ1) is 13.1. The minimum absolute atomic E-state index is 0.214. The molecule has 8 heteroatoms. The summed E-state index contributed by atoms with van der Waals surface area (Å²) in [5.74, 6) is -0.406. The van der Waals surface area contributed by atoms with Crippen molar-refractivity contribution >= 4 is 46.0 Å². The molecule has 27 heavy (non-hydrogen) atoms. The van der Waals surface area contributed by atoms with Crippen LogP contribution < -0.4 is 10.6 Å². The highest BCUT2D eigenvalue weighted by molar-refractivity contribution is 7.00. The van der Waals surface area contributed by atoms with Gasteiger partial charge in [0, 0.05) is 16.9 Å². The standard InChI is InChI=1S/C19H14N4O3S/c1-11-4-6-13(20-19(25)17-3-2-8-26-17)10-15(11)21-18(24)12-5-7-14-16(9-12)23-27-22-14/h2-10H,1H3,(H,20,25)(H,21,24). The zero-order chi connectivity index (χ0) is 18.8. The topological polar surface area (TPSA) is 97.1 Å². The van der Waals surface area contributed by atoms with Crippen molar-refractivity contribution in [2.24, 2.45) is 0 Å². The van der Waals surface area contributed by atoms with Gasteiger partial charge in [0.2, 0.25) is 0 Å². The summed E-state index contributed by atoms with van der Waals surface area (Å²) < 4.78 is 13.4. The van der Waals surface area contributed by atoms with Crippen molar-refractivity contribution in [1.29, 1.82) is 0 Å². The molecule has 0 atom stereocenters. The summed E-state index contributed by atoms with van der Waals surface area (Å²) in [6, 6.07) is 13.7. The number of aryl methyl sites for hydroxylation is 1. The molecule has 0 fully saturated rings. The zero-order valence-corrected chi connectivity index (χ0v) is 15.0. The molecule has 0 bridgehead atoms. The number of hydrogen-bond acceptors (Lipinski definition) is 6. The van der Waals surface area contributed by atoms with Gasteiger partial charge in [0.1, 0.15) is 11.0 Å². The molecule has 0 radical (unpaired) electrons. The smallest absolute Gasteiger partial charge is 0.291 e. The zero-order valence-electron chi connectivity index (χ0n) is 14.2. The van der Waals surface area contributed by atoms with Crippen LogP contribution in [0.1, 0.15) is 26.5 Å². The fourth-order valence-corrected chi connectivity index (χ4v) is 3.07. The van der Waals surface area contributed by atoms with Crippen LogP contribution in [0.2, 0.25) is 0 Å². The van der Waals surface area contributed by atoms with Crippen molar-refractivity contribution in [2.75, 3.05) is 10.6 Å². The van der Waals surface area contributed by atoms with Crippen LogP contribution in [0.25, 0.3) is 11.0 Å². The molecule has 0 saturated heterocycles. The van der Waals surface area contributed by atoms with E-state index in [1.807, 2.05) is 13.0 Å². The van der Waals surface area contributed by atoms with Crippen molar-refractivity contribution in [3.63, 3.8) is 0 Å². The molecule has 2 aromatic heterocycles. The Morgan fingerprint density at radius 1 is 0.963 bits per heavy atom. The van der Waals surface area contributed by atoms with Crippen LogP contribution in [-0.4, -0.2) is 20.6 Å². The third-order valence-electron chi connectivity index (χ3n) is 4.00. The number of furan rings is 1. The highest BCUT2D eigenvalue weighted by Crippen LogP contribution is 2.22. The molecule has 0 unspecified atom stereocenters. The van der Waals surface area contributed by atoms with E-state index in [2.05, 4.69) is 19.4 Å². The van der Waals surface area contributed by atoms with E-state index >= 15 is 0 Å². The molecule has 0 spiro atoms. The fourth-order valence-electron chi connectivity index (χ4n) is 2.55. The number of nitrogens with zero attached hydrogens (tertiary/aromatic N) is 2. The van der Waals surface area contributed by atoms with Crippen molar-refractivity contribution in [1.82, 2.24) is 8.75 Å². The molecule has 4 aromatic rings. The molecule has 0 aliphatic heterocycles. The van der Waals surface area contributed by atoms with E-state index in [9.17, 15) is 9.59 Å². The lowest BCUT2D eigenvalue weighted by Crippen LogP contribution is -2.14. The molecule has 2 aromatic carbocycles. The minimum atomic E-state index is -0.359. The second kappa shape index (κ2) is 7.00. The predicted octanol–water partition coefficient (Wildman–Crippen LogP) is 4.10. The minimum Gasteiger partial charge on any atom is -0.459 e. The third-order valence-corrected chi connectivity index (χ3v) is 4.56. The summed E-state index contributed by atoms with van der Waals surface area (Å²) in [6.07, 6.45) is 1.43. The Labute approximate surface area is 158 Å². The number of nitrogens with one attached hydrogen (secondary N) is 2. The van der Waals surface area contributed by atoms with Crippen LogP contribution >= 0.6 is 11.7 Å². The molecule has 134 valence electrons. The van der Waals surface area contributed by atoms with Gasteiger partial charge < -0.3 is 15.1 Å². The Kier molecular flexibility index (Phi) is 4.39. The number of hydrogen-bond donors (Lipinski definition) is 2. The van der Waals surface area contributed by atoms with Gasteiger partial charge in [-0.25, -0.2) is 0 Å². The molecule has 2 N–H and O–H groups in total. The van der Waals surface area contributed by atoms with Crippen LogP contribution in [0.5, 0.6) is 0 Å². The average Bonchev–Trinajstić information content (AvgIpc) is 3.35. The number of anilines is 2. The third kappa shape index (κ3) is 3.56. The van der Waals surface area contributed by atoms with Crippen LogP contribution in [-0.2, 0) is 0 Å². The molecule has 7 nitrogen and oxygen atoms in total. The Bertz CT molecular complexity index is 1140. The van der Waals surface area contributed by atoms with Crippen molar-refractivity contribution < 1.29 is 14.0 Å². The molecular formula is C19H14N4O3S. The van der Waals surface area contributed by atoms with E-state index in [1.54, 1.807) is 42.5 Å². The van der Waals surface area contributed by atoms with Crippen LogP contribution in [0.15, 0.2) is 59.2 Å². The number of aromatic nitrogens is 2. The molecule has 2 heterocycles. The SMILES string of the molecule is Cc1ccc(NC(=O)c2ccco2)cc1NC(=O)c1ccc2nsnc2c1. The lowest BCUT2D eigenvalue weighted by molar-refractivity contribution is 0.0995. The molecule has 0 aliphatic carbocycles.